The summed E-state index contributed by atoms with van der Waals surface area (Å²) >= 11 is 0. The first-order valence-electron chi connectivity index (χ1n) is 15.7. The first kappa shape index (κ1) is 27.0. The molecule has 9 aromatic rings. The zero-order chi connectivity index (χ0) is 31.2. The monoisotopic (exact) mass is 601 g/mol. The smallest absolute Gasteiger partial charge is 0.227 e. The van der Waals surface area contributed by atoms with E-state index in [1.54, 1.807) is 0 Å². The molecule has 0 unspecified atom stereocenters. The van der Waals surface area contributed by atoms with Gasteiger partial charge in [0.05, 0.1) is 11.4 Å². The van der Waals surface area contributed by atoms with Crippen LogP contribution in [-0.2, 0) is 0 Å². The van der Waals surface area contributed by atoms with E-state index >= 15 is 0 Å². The van der Waals surface area contributed by atoms with Crippen molar-refractivity contribution < 1.29 is 4.42 Å². The van der Waals surface area contributed by atoms with Crippen molar-refractivity contribution in [2.45, 2.75) is 0 Å². The largest absolute Gasteiger partial charge is 0.438 e. The van der Waals surface area contributed by atoms with Crippen LogP contribution in [0.1, 0.15) is 0 Å². The maximum absolute atomic E-state index is 6.03. The molecule has 0 saturated carbocycles. The van der Waals surface area contributed by atoms with E-state index in [1.807, 2.05) is 60.8 Å². The van der Waals surface area contributed by atoms with Crippen molar-refractivity contribution in [2.24, 2.45) is 0 Å². The lowest BCUT2D eigenvalue weighted by Crippen LogP contribution is -1.98. The quantitative estimate of drug-likeness (QED) is 0.197. The molecule has 0 spiro atoms. The van der Waals surface area contributed by atoms with Crippen LogP contribution >= 0.6 is 0 Å². The molecule has 0 aliphatic heterocycles. The zero-order valence-corrected chi connectivity index (χ0v) is 25.3. The van der Waals surface area contributed by atoms with Gasteiger partial charge in [0.25, 0.3) is 0 Å². The normalized spacial score (nSPS) is 11.4. The van der Waals surface area contributed by atoms with Crippen molar-refractivity contribution >= 4 is 32.8 Å². The molecule has 0 aliphatic carbocycles. The summed E-state index contributed by atoms with van der Waals surface area (Å²) < 4.78 is 6.03. The van der Waals surface area contributed by atoms with Crippen molar-refractivity contribution in [2.75, 3.05) is 0 Å². The van der Waals surface area contributed by atoms with Gasteiger partial charge in [-0.1, -0.05) is 127 Å². The van der Waals surface area contributed by atoms with Gasteiger partial charge < -0.3 is 4.42 Å². The summed E-state index contributed by atoms with van der Waals surface area (Å²) in [6.07, 6.45) is 1.89. The number of benzene rings is 6. The number of nitrogens with zero attached hydrogens (tertiary/aromatic N) is 3. The summed E-state index contributed by atoms with van der Waals surface area (Å²) in [5, 5.41) is 4.43. The summed E-state index contributed by atoms with van der Waals surface area (Å²) in [4.78, 5) is 15.2. The van der Waals surface area contributed by atoms with Gasteiger partial charge in [-0.25, -0.2) is 15.0 Å². The fourth-order valence-corrected chi connectivity index (χ4v) is 6.37. The van der Waals surface area contributed by atoms with Gasteiger partial charge in [-0.2, -0.15) is 0 Å². The van der Waals surface area contributed by atoms with E-state index in [1.165, 1.54) is 10.8 Å². The van der Waals surface area contributed by atoms with Crippen LogP contribution in [0.3, 0.4) is 0 Å². The van der Waals surface area contributed by atoms with E-state index in [0.717, 1.165) is 66.7 Å². The zero-order valence-electron chi connectivity index (χ0n) is 25.3. The SMILES string of the molecule is c1ccc(-c2cc(-c3ccccc3)nc(-c3cc(-c4cnc5oc6ccccc6c5c4)ccc3-c3ccc4ccccc4c3)n2)cc1. The van der Waals surface area contributed by atoms with Gasteiger partial charge in [0.15, 0.2) is 5.82 Å². The number of furan rings is 1. The van der Waals surface area contributed by atoms with Crippen LogP contribution in [0, 0.1) is 0 Å². The Morgan fingerprint density at radius 3 is 1.83 bits per heavy atom. The van der Waals surface area contributed by atoms with Crippen LogP contribution in [0.5, 0.6) is 0 Å². The van der Waals surface area contributed by atoms with Gasteiger partial charge in [0.2, 0.25) is 5.71 Å². The van der Waals surface area contributed by atoms with Gasteiger partial charge in [0.1, 0.15) is 5.58 Å². The van der Waals surface area contributed by atoms with E-state index in [4.69, 9.17) is 19.4 Å². The standard InChI is InChI=1S/C43H27N3O/c1-3-12-29(13-4-1)39-26-40(30-14-5-2-6-15-30)46-42(45-39)37-24-32(21-22-35(37)33-20-19-28-11-7-8-16-31(28)23-33)34-25-38-36-17-9-10-18-41(36)47-43(38)44-27-34/h1-27H. The number of hydrogen-bond acceptors (Lipinski definition) is 4. The molecule has 0 radical (unpaired) electrons. The molecule has 4 nitrogen and oxygen atoms in total. The predicted molar refractivity (Wildman–Crippen MR) is 192 cm³/mol. The molecular formula is C43H27N3O. The van der Waals surface area contributed by atoms with Crippen LogP contribution in [0.25, 0.3) is 89.0 Å². The summed E-state index contributed by atoms with van der Waals surface area (Å²) in [5.41, 5.74) is 10.4. The molecule has 0 N–H and O–H groups in total. The molecule has 0 saturated heterocycles. The number of rotatable bonds is 5. The summed E-state index contributed by atoms with van der Waals surface area (Å²) in [5.74, 6) is 0.665. The molecular weight excluding hydrogens is 574 g/mol. The number of fused-ring (bicyclic) bond motifs is 4. The molecule has 4 heteroatoms. The fourth-order valence-electron chi connectivity index (χ4n) is 6.37. The second kappa shape index (κ2) is 11.2. The first-order valence-corrected chi connectivity index (χ1v) is 15.7. The summed E-state index contributed by atoms with van der Waals surface area (Å²) in [7, 11) is 0. The van der Waals surface area contributed by atoms with E-state index in [-0.39, 0.29) is 0 Å². The van der Waals surface area contributed by atoms with E-state index in [2.05, 4.69) is 103 Å². The van der Waals surface area contributed by atoms with Crippen LogP contribution in [-0.4, -0.2) is 15.0 Å². The molecule has 9 rings (SSSR count). The third kappa shape index (κ3) is 4.93. The maximum atomic E-state index is 6.03. The second-order valence-corrected chi connectivity index (χ2v) is 11.7. The van der Waals surface area contributed by atoms with Crippen molar-refractivity contribution in [3.63, 3.8) is 0 Å². The molecule has 0 fully saturated rings. The predicted octanol–water partition coefficient (Wildman–Crippen LogP) is 11.3. The van der Waals surface area contributed by atoms with Gasteiger partial charge >= 0.3 is 0 Å². The van der Waals surface area contributed by atoms with Gasteiger partial charge in [-0.15, -0.1) is 0 Å². The third-order valence-corrected chi connectivity index (χ3v) is 8.75. The number of para-hydroxylation sites is 1. The number of aromatic nitrogens is 3. The van der Waals surface area contributed by atoms with Crippen molar-refractivity contribution in [3.05, 3.63) is 164 Å². The summed E-state index contributed by atoms with van der Waals surface area (Å²) in [6, 6.07) is 54.6. The fraction of sp³-hybridized carbons (Fsp3) is 0. The van der Waals surface area contributed by atoms with Crippen LogP contribution in [0.15, 0.2) is 168 Å². The van der Waals surface area contributed by atoms with Crippen molar-refractivity contribution in [3.8, 4) is 56.2 Å². The minimum atomic E-state index is 0.634. The lowest BCUT2D eigenvalue weighted by Gasteiger charge is -2.15. The highest BCUT2D eigenvalue weighted by molar-refractivity contribution is 6.05. The average Bonchev–Trinajstić information content (AvgIpc) is 3.53. The maximum Gasteiger partial charge on any atom is 0.227 e. The number of pyridine rings is 1. The Kier molecular flexibility index (Phi) is 6.43. The Balaban J connectivity index is 1.29. The molecule has 0 aliphatic rings. The van der Waals surface area contributed by atoms with E-state index < -0.39 is 0 Å². The van der Waals surface area contributed by atoms with Crippen molar-refractivity contribution in [1.82, 2.24) is 15.0 Å². The van der Waals surface area contributed by atoms with Gasteiger partial charge in [-0.3, -0.25) is 0 Å². The summed E-state index contributed by atoms with van der Waals surface area (Å²) in [6.45, 7) is 0. The Morgan fingerprint density at radius 1 is 0.404 bits per heavy atom. The van der Waals surface area contributed by atoms with E-state index in [0.29, 0.717) is 11.5 Å². The Bertz CT molecular complexity index is 2510. The first-order chi connectivity index (χ1) is 23.3. The third-order valence-electron chi connectivity index (χ3n) is 8.75. The minimum absolute atomic E-state index is 0.634. The molecule has 0 atom stereocenters. The highest BCUT2D eigenvalue weighted by Crippen LogP contribution is 2.38. The lowest BCUT2D eigenvalue weighted by molar-refractivity contribution is 0.654. The van der Waals surface area contributed by atoms with Crippen LogP contribution < -0.4 is 0 Å². The highest BCUT2D eigenvalue weighted by Gasteiger charge is 2.17. The van der Waals surface area contributed by atoms with Crippen LogP contribution in [0.2, 0.25) is 0 Å². The molecule has 3 heterocycles. The van der Waals surface area contributed by atoms with E-state index in [9.17, 15) is 0 Å². The van der Waals surface area contributed by atoms with Gasteiger partial charge in [-0.05, 0) is 57.8 Å². The highest BCUT2D eigenvalue weighted by atomic mass is 16.3. The molecule has 6 aromatic carbocycles. The Hall–Kier alpha value is -6.39. The molecule has 0 bridgehead atoms. The topological polar surface area (TPSA) is 51.8 Å². The molecule has 0 amide bonds. The minimum Gasteiger partial charge on any atom is -0.438 e. The van der Waals surface area contributed by atoms with Crippen LogP contribution in [0.4, 0.5) is 0 Å². The Labute approximate surface area is 271 Å². The molecule has 220 valence electrons. The average molecular weight is 602 g/mol. The number of hydrogen-bond donors (Lipinski definition) is 0. The molecule has 47 heavy (non-hydrogen) atoms. The van der Waals surface area contributed by atoms with Gasteiger partial charge in [0, 0.05) is 39.2 Å². The van der Waals surface area contributed by atoms with Crippen molar-refractivity contribution in [1.29, 1.82) is 0 Å². The lowest BCUT2D eigenvalue weighted by atomic mass is 9.93. The second-order valence-electron chi connectivity index (χ2n) is 11.7. The Morgan fingerprint density at radius 2 is 1.06 bits per heavy atom. The molecule has 3 aromatic heterocycles.